The Hall–Kier alpha value is -2.94. The van der Waals surface area contributed by atoms with Crippen molar-refractivity contribution in [1.82, 2.24) is 19.6 Å². The fraction of sp³-hybridized carbons (Fsp3) is 0.235. The van der Waals surface area contributed by atoms with E-state index >= 15 is 0 Å². The third kappa shape index (κ3) is 3.67. The number of carbonyl (C=O) groups is 2. The number of hydrogen-bond donors (Lipinski definition) is 2. The highest BCUT2D eigenvalue weighted by atomic mass is 32.2. The Bertz CT molecular complexity index is 998. The molecule has 0 saturated carbocycles. The van der Waals surface area contributed by atoms with Gasteiger partial charge in [-0.15, -0.1) is 5.10 Å². The van der Waals surface area contributed by atoms with E-state index in [0.29, 0.717) is 33.5 Å². The third-order valence-corrected chi connectivity index (χ3v) is 4.87. The average Bonchev–Trinajstić information content (AvgIpc) is 3.00. The normalized spacial score (nSPS) is 11.0. The van der Waals surface area contributed by atoms with Crippen LogP contribution in [0.2, 0.25) is 0 Å². The summed E-state index contributed by atoms with van der Waals surface area (Å²) < 4.78 is 1.57. The molecule has 3 aromatic rings. The van der Waals surface area contributed by atoms with E-state index in [-0.39, 0.29) is 6.42 Å². The number of aryl methyl sites for hydroxylation is 2. The van der Waals surface area contributed by atoms with Crippen molar-refractivity contribution in [2.75, 3.05) is 0 Å². The number of nitrogens with two attached hydrogens (primary N) is 1. The lowest BCUT2D eigenvalue weighted by atomic mass is 10.1. The minimum Gasteiger partial charge on any atom is -0.481 e. The lowest BCUT2D eigenvalue weighted by molar-refractivity contribution is -0.136. The number of aliphatic carboxylic acids is 1. The van der Waals surface area contributed by atoms with Gasteiger partial charge in [-0.05, 0) is 31.5 Å². The molecule has 0 radical (unpaired) electrons. The van der Waals surface area contributed by atoms with Gasteiger partial charge in [-0.1, -0.05) is 23.9 Å². The van der Waals surface area contributed by atoms with Gasteiger partial charge in [0.05, 0.1) is 6.42 Å². The molecule has 0 bridgehead atoms. The van der Waals surface area contributed by atoms with Gasteiger partial charge in [-0.2, -0.15) is 4.98 Å². The van der Waals surface area contributed by atoms with Crippen molar-refractivity contribution in [3.63, 3.8) is 0 Å². The number of thioether (sulfide) groups is 1. The maximum absolute atomic E-state index is 11.1. The monoisotopic (exact) mass is 371 g/mol. The van der Waals surface area contributed by atoms with Gasteiger partial charge in [0.15, 0.2) is 0 Å². The lowest BCUT2D eigenvalue weighted by Gasteiger charge is -2.07. The molecule has 0 aliphatic carbocycles. The number of benzene rings is 1. The molecule has 2 heterocycles. The van der Waals surface area contributed by atoms with Crippen LogP contribution in [0.15, 0.2) is 29.4 Å². The molecule has 0 fully saturated rings. The number of carboxylic acids is 1. The first-order valence-corrected chi connectivity index (χ1v) is 8.80. The van der Waals surface area contributed by atoms with Crippen LogP contribution >= 0.6 is 11.8 Å². The first-order valence-electron chi connectivity index (χ1n) is 7.81. The Morgan fingerprint density at radius 3 is 2.50 bits per heavy atom. The van der Waals surface area contributed by atoms with E-state index in [4.69, 9.17) is 10.8 Å². The second-order valence-corrected chi connectivity index (χ2v) is 6.73. The average molecular weight is 371 g/mol. The summed E-state index contributed by atoms with van der Waals surface area (Å²) in [6.45, 7) is 3.58. The van der Waals surface area contributed by atoms with Crippen molar-refractivity contribution in [1.29, 1.82) is 0 Å². The molecule has 0 aliphatic heterocycles. The second-order valence-electron chi connectivity index (χ2n) is 5.79. The number of rotatable bonds is 6. The number of nitrogens with zero attached hydrogens (tertiary/aromatic N) is 4. The van der Waals surface area contributed by atoms with Crippen molar-refractivity contribution in [2.24, 2.45) is 5.73 Å². The van der Waals surface area contributed by atoms with E-state index < -0.39 is 11.9 Å². The zero-order valence-electron chi connectivity index (χ0n) is 14.3. The number of amides is 1. The molecular weight excluding hydrogens is 354 g/mol. The van der Waals surface area contributed by atoms with Crippen molar-refractivity contribution < 1.29 is 14.7 Å². The highest BCUT2D eigenvalue weighted by Crippen LogP contribution is 2.22. The van der Waals surface area contributed by atoms with E-state index in [9.17, 15) is 9.59 Å². The standard InChI is InChI=1S/C17H17N5O3S/c1-9-13(7-14(23)24)10(2)22-16(19-9)20-17(21-22)26-8-11-3-5-12(6-4-11)15(18)25/h3-6H,7-8H2,1-2H3,(H2,18,25)(H,23,24). The third-order valence-electron chi connectivity index (χ3n) is 3.96. The van der Waals surface area contributed by atoms with E-state index in [0.717, 1.165) is 11.3 Å². The van der Waals surface area contributed by atoms with Crippen LogP contribution in [-0.2, 0) is 17.0 Å². The Morgan fingerprint density at radius 2 is 1.88 bits per heavy atom. The van der Waals surface area contributed by atoms with Gasteiger partial charge in [-0.3, -0.25) is 9.59 Å². The number of carbonyl (C=O) groups excluding carboxylic acids is 1. The van der Waals surface area contributed by atoms with Crippen LogP contribution in [-0.4, -0.2) is 36.6 Å². The smallest absolute Gasteiger partial charge is 0.307 e. The van der Waals surface area contributed by atoms with Crippen LogP contribution in [0.3, 0.4) is 0 Å². The van der Waals surface area contributed by atoms with E-state index in [1.807, 2.05) is 19.1 Å². The molecule has 3 rings (SSSR count). The zero-order valence-corrected chi connectivity index (χ0v) is 15.1. The first kappa shape index (κ1) is 17.9. The summed E-state index contributed by atoms with van der Waals surface area (Å²) in [5.74, 6) is -0.303. The molecule has 2 aromatic heterocycles. The molecule has 0 atom stereocenters. The second kappa shape index (κ2) is 7.12. The number of carboxylic acid groups (broad SMARTS) is 1. The lowest BCUT2D eigenvalue weighted by Crippen LogP contribution is -2.10. The molecule has 9 heteroatoms. The summed E-state index contributed by atoms with van der Waals surface area (Å²) in [6, 6.07) is 7.04. The Kier molecular flexibility index (Phi) is 4.90. The maximum Gasteiger partial charge on any atom is 0.307 e. The molecule has 0 saturated heterocycles. The molecule has 1 aromatic carbocycles. The predicted molar refractivity (Wildman–Crippen MR) is 96.1 cm³/mol. The fourth-order valence-corrected chi connectivity index (χ4v) is 3.35. The van der Waals surface area contributed by atoms with Crippen LogP contribution in [0.5, 0.6) is 0 Å². The number of hydrogen-bond acceptors (Lipinski definition) is 6. The summed E-state index contributed by atoms with van der Waals surface area (Å²) in [5, 5.41) is 14.0. The maximum atomic E-state index is 11.1. The zero-order chi connectivity index (χ0) is 18.8. The molecule has 0 unspecified atom stereocenters. The van der Waals surface area contributed by atoms with Crippen LogP contribution in [0.4, 0.5) is 0 Å². The van der Waals surface area contributed by atoms with Crippen LogP contribution < -0.4 is 5.73 Å². The van der Waals surface area contributed by atoms with Gasteiger partial charge < -0.3 is 10.8 Å². The molecule has 8 nitrogen and oxygen atoms in total. The van der Waals surface area contributed by atoms with Gasteiger partial charge in [0.1, 0.15) is 0 Å². The number of primary amides is 1. The molecule has 134 valence electrons. The van der Waals surface area contributed by atoms with Gasteiger partial charge in [0.25, 0.3) is 5.78 Å². The van der Waals surface area contributed by atoms with E-state index in [1.165, 1.54) is 11.8 Å². The quantitative estimate of drug-likeness (QED) is 0.633. The summed E-state index contributed by atoms with van der Waals surface area (Å²) in [7, 11) is 0. The van der Waals surface area contributed by atoms with Crippen LogP contribution in [0, 0.1) is 13.8 Å². The topological polar surface area (TPSA) is 123 Å². The molecule has 3 N–H and O–H groups in total. The van der Waals surface area contributed by atoms with Gasteiger partial charge in [0.2, 0.25) is 11.1 Å². The molecule has 0 aliphatic rings. The largest absolute Gasteiger partial charge is 0.481 e. The SMILES string of the molecule is Cc1nc2nc(SCc3ccc(C(N)=O)cc3)nn2c(C)c1CC(=O)O. The Balaban J connectivity index is 1.81. The summed E-state index contributed by atoms with van der Waals surface area (Å²) >= 11 is 1.43. The summed E-state index contributed by atoms with van der Waals surface area (Å²) in [4.78, 5) is 30.9. The minimum absolute atomic E-state index is 0.102. The van der Waals surface area contributed by atoms with Crippen molar-refractivity contribution in [3.05, 3.63) is 52.3 Å². The van der Waals surface area contributed by atoms with Gasteiger partial charge in [0, 0.05) is 28.3 Å². The fourth-order valence-electron chi connectivity index (χ4n) is 2.57. The van der Waals surface area contributed by atoms with Crippen LogP contribution in [0.1, 0.15) is 32.9 Å². The van der Waals surface area contributed by atoms with Crippen LogP contribution in [0.25, 0.3) is 5.78 Å². The highest BCUT2D eigenvalue weighted by Gasteiger charge is 2.15. The van der Waals surface area contributed by atoms with E-state index in [1.54, 1.807) is 23.6 Å². The molecular formula is C17H17N5O3S. The van der Waals surface area contributed by atoms with Crippen molar-refractivity contribution in [3.8, 4) is 0 Å². The number of fused-ring (bicyclic) bond motifs is 1. The molecule has 26 heavy (non-hydrogen) atoms. The highest BCUT2D eigenvalue weighted by molar-refractivity contribution is 7.98. The molecule has 1 amide bonds. The van der Waals surface area contributed by atoms with Crippen molar-refractivity contribution in [2.45, 2.75) is 31.2 Å². The van der Waals surface area contributed by atoms with Gasteiger partial charge >= 0.3 is 5.97 Å². The van der Waals surface area contributed by atoms with Crippen molar-refractivity contribution >= 4 is 29.4 Å². The number of aromatic nitrogens is 4. The summed E-state index contributed by atoms with van der Waals surface area (Å²) in [6.07, 6.45) is -0.102. The first-order chi connectivity index (χ1) is 12.3. The Labute approximate surface area is 153 Å². The minimum atomic E-state index is -0.911. The Morgan fingerprint density at radius 1 is 1.19 bits per heavy atom. The molecule has 0 spiro atoms. The predicted octanol–water partition coefficient (Wildman–Crippen LogP) is 1.76. The van der Waals surface area contributed by atoms with Gasteiger partial charge in [-0.25, -0.2) is 9.50 Å². The summed E-state index contributed by atoms with van der Waals surface area (Å²) in [5.41, 5.74) is 8.71. The van der Waals surface area contributed by atoms with E-state index in [2.05, 4.69) is 15.1 Å².